The largest absolute Gasteiger partial charge is 0.256 e. The van der Waals surface area contributed by atoms with Gasteiger partial charge in [-0.25, -0.2) is 0 Å². The Kier molecular flexibility index (Phi) is 11.0. The van der Waals surface area contributed by atoms with Gasteiger partial charge in [0.1, 0.15) is 0 Å². The van der Waals surface area contributed by atoms with E-state index in [0.29, 0.717) is 0 Å². The molecule has 53 heavy (non-hydrogen) atoms. The molecule has 0 aliphatic heterocycles. The summed E-state index contributed by atoms with van der Waals surface area (Å²) in [6, 6.07) is 42.8. The van der Waals surface area contributed by atoms with Crippen molar-refractivity contribution < 1.29 is 0 Å². The van der Waals surface area contributed by atoms with Gasteiger partial charge in [0.2, 0.25) is 0 Å². The van der Waals surface area contributed by atoms with Crippen molar-refractivity contribution in [2.75, 3.05) is 0 Å². The molecule has 0 saturated heterocycles. The van der Waals surface area contributed by atoms with Crippen LogP contribution in [0.4, 0.5) is 0 Å². The average Bonchev–Trinajstić information content (AvgIpc) is 3.17. The minimum atomic E-state index is 1.01. The van der Waals surface area contributed by atoms with Gasteiger partial charge in [-0.05, 0) is 146 Å². The SMILES string of the molecule is Cc1ccc(-c2ccc(CCc3cc(CCc4ccc(-c5ncc(C)cc5C)cc4)cc(CCc4ccc(-c5ccc(C)cn5)c(C)c4)c3)cc2)nc1. The second kappa shape index (κ2) is 16.3. The van der Waals surface area contributed by atoms with E-state index in [0.717, 1.165) is 61.2 Å². The van der Waals surface area contributed by atoms with Gasteiger partial charge in [0.15, 0.2) is 0 Å². The highest BCUT2D eigenvalue weighted by atomic mass is 14.7. The molecule has 3 heteroatoms. The topological polar surface area (TPSA) is 38.7 Å². The molecule has 7 aromatic rings. The van der Waals surface area contributed by atoms with Crippen LogP contribution >= 0.6 is 0 Å². The molecule has 4 aromatic carbocycles. The van der Waals surface area contributed by atoms with E-state index in [-0.39, 0.29) is 0 Å². The molecule has 0 amide bonds. The third-order valence-corrected chi connectivity index (χ3v) is 10.3. The number of aryl methyl sites for hydroxylation is 11. The lowest BCUT2D eigenvalue weighted by molar-refractivity contribution is 0.903. The van der Waals surface area contributed by atoms with Crippen LogP contribution in [0.25, 0.3) is 33.8 Å². The molecule has 3 aromatic heterocycles. The Morgan fingerprint density at radius 1 is 0.340 bits per heavy atom. The van der Waals surface area contributed by atoms with Crippen molar-refractivity contribution in [3.63, 3.8) is 0 Å². The normalized spacial score (nSPS) is 11.2. The average molecular weight is 692 g/mol. The summed E-state index contributed by atoms with van der Waals surface area (Å²) in [7, 11) is 0. The lowest BCUT2D eigenvalue weighted by atomic mass is 9.93. The predicted molar refractivity (Wildman–Crippen MR) is 221 cm³/mol. The molecule has 0 spiro atoms. The molecule has 0 unspecified atom stereocenters. The molecule has 264 valence electrons. The van der Waals surface area contributed by atoms with Gasteiger partial charge in [-0.15, -0.1) is 0 Å². The van der Waals surface area contributed by atoms with Crippen molar-refractivity contribution in [2.24, 2.45) is 0 Å². The molecule has 0 N–H and O–H groups in total. The molecule has 0 atom stereocenters. The number of hydrogen-bond donors (Lipinski definition) is 0. The Bertz CT molecular complexity index is 2300. The van der Waals surface area contributed by atoms with E-state index >= 15 is 0 Å². The molecule has 0 radical (unpaired) electrons. The zero-order chi connectivity index (χ0) is 36.7. The fraction of sp³-hybridized carbons (Fsp3) is 0.220. The summed E-state index contributed by atoms with van der Waals surface area (Å²) in [5.41, 5.74) is 21.0. The molecule has 0 aliphatic rings. The third kappa shape index (κ3) is 9.23. The number of rotatable bonds is 12. The van der Waals surface area contributed by atoms with Crippen LogP contribution in [0.1, 0.15) is 61.2 Å². The summed E-state index contributed by atoms with van der Waals surface area (Å²) < 4.78 is 0. The number of nitrogens with zero attached hydrogens (tertiary/aromatic N) is 3. The van der Waals surface area contributed by atoms with Crippen LogP contribution in [0.2, 0.25) is 0 Å². The van der Waals surface area contributed by atoms with Crippen LogP contribution in [0, 0.1) is 34.6 Å². The minimum Gasteiger partial charge on any atom is -0.256 e. The maximum absolute atomic E-state index is 4.71. The second-order valence-corrected chi connectivity index (χ2v) is 14.8. The molecule has 7 rings (SSSR count). The molecule has 3 nitrogen and oxygen atoms in total. The zero-order valence-corrected chi connectivity index (χ0v) is 31.8. The standard InChI is InChI=1S/C50H49N3/c1-34-6-24-48(51-31-34)45-19-14-39(15-20-45)8-11-42-28-43(12-9-40-16-21-46(22-17-40)50-38(5)26-36(3)33-53-50)30-44(29-42)13-10-41-18-23-47(37(4)27-41)49-25-7-35(2)32-52-49/h6-7,14-33H,8-13H2,1-5H3. The fourth-order valence-corrected chi connectivity index (χ4v) is 7.26. The van der Waals surface area contributed by atoms with Crippen molar-refractivity contribution in [3.8, 4) is 33.8 Å². The summed E-state index contributed by atoms with van der Waals surface area (Å²) in [5.74, 6) is 0. The van der Waals surface area contributed by atoms with Gasteiger partial charge in [0, 0.05) is 35.3 Å². The number of aromatic nitrogens is 3. The Morgan fingerprint density at radius 3 is 1.32 bits per heavy atom. The van der Waals surface area contributed by atoms with Gasteiger partial charge < -0.3 is 0 Å². The molecular formula is C50H49N3. The van der Waals surface area contributed by atoms with E-state index in [1.807, 2.05) is 18.6 Å². The summed E-state index contributed by atoms with van der Waals surface area (Å²) >= 11 is 0. The first-order valence-corrected chi connectivity index (χ1v) is 18.9. The summed E-state index contributed by atoms with van der Waals surface area (Å²) in [6.45, 7) is 10.6. The second-order valence-electron chi connectivity index (χ2n) is 14.8. The van der Waals surface area contributed by atoms with E-state index in [2.05, 4.69) is 160 Å². The summed E-state index contributed by atoms with van der Waals surface area (Å²) in [4.78, 5) is 14.0. The highest BCUT2D eigenvalue weighted by Crippen LogP contribution is 2.26. The zero-order valence-electron chi connectivity index (χ0n) is 31.8. The van der Waals surface area contributed by atoms with E-state index in [1.54, 1.807) is 0 Å². The Morgan fingerprint density at radius 2 is 0.811 bits per heavy atom. The molecular weight excluding hydrogens is 643 g/mol. The smallest absolute Gasteiger partial charge is 0.0731 e. The van der Waals surface area contributed by atoms with Gasteiger partial charge in [-0.2, -0.15) is 0 Å². The minimum absolute atomic E-state index is 1.01. The lowest BCUT2D eigenvalue weighted by Crippen LogP contribution is -2.00. The predicted octanol–water partition coefficient (Wildman–Crippen LogP) is 11.8. The van der Waals surface area contributed by atoms with Crippen molar-refractivity contribution >= 4 is 0 Å². The summed E-state index contributed by atoms with van der Waals surface area (Å²) in [5, 5.41) is 0. The van der Waals surface area contributed by atoms with Crippen molar-refractivity contribution in [1.82, 2.24) is 15.0 Å². The van der Waals surface area contributed by atoms with Gasteiger partial charge in [0.25, 0.3) is 0 Å². The Balaban J connectivity index is 1.06. The molecule has 0 fully saturated rings. The van der Waals surface area contributed by atoms with E-state index in [9.17, 15) is 0 Å². The van der Waals surface area contributed by atoms with Crippen LogP contribution < -0.4 is 0 Å². The van der Waals surface area contributed by atoms with Crippen molar-refractivity contribution in [3.05, 3.63) is 195 Å². The molecule has 0 aliphatic carbocycles. The lowest BCUT2D eigenvalue weighted by Gasteiger charge is -2.13. The van der Waals surface area contributed by atoms with E-state index in [4.69, 9.17) is 4.98 Å². The van der Waals surface area contributed by atoms with Crippen LogP contribution in [0.3, 0.4) is 0 Å². The van der Waals surface area contributed by atoms with Crippen LogP contribution in [-0.2, 0) is 38.5 Å². The Hall–Kier alpha value is -5.67. The molecule has 0 saturated carbocycles. The van der Waals surface area contributed by atoms with E-state index in [1.165, 1.54) is 72.3 Å². The Labute approximate surface area is 315 Å². The third-order valence-electron chi connectivity index (χ3n) is 10.3. The van der Waals surface area contributed by atoms with Gasteiger partial charge in [-0.1, -0.05) is 103 Å². The molecule has 3 heterocycles. The van der Waals surface area contributed by atoms with Crippen molar-refractivity contribution in [2.45, 2.75) is 73.1 Å². The van der Waals surface area contributed by atoms with Crippen LogP contribution in [0.15, 0.2) is 134 Å². The highest BCUT2D eigenvalue weighted by Gasteiger charge is 2.09. The van der Waals surface area contributed by atoms with Crippen LogP contribution in [0.5, 0.6) is 0 Å². The first-order valence-electron chi connectivity index (χ1n) is 18.9. The van der Waals surface area contributed by atoms with E-state index < -0.39 is 0 Å². The van der Waals surface area contributed by atoms with Gasteiger partial charge >= 0.3 is 0 Å². The monoisotopic (exact) mass is 691 g/mol. The van der Waals surface area contributed by atoms with Crippen molar-refractivity contribution in [1.29, 1.82) is 0 Å². The van der Waals surface area contributed by atoms with Crippen LogP contribution in [-0.4, -0.2) is 15.0 Å². The fourth-order valence-electron chi connectivity index (χ4n) is 7.26. The first kappa shape index (κ1) is 35.7. The number of pyridine rings is 3. The highest BCUT2D eigenvalue weighted by molar-refractivity contribution is 5.65. The maximum Gasteiger partial charge on any atom is 0.0731 e. The van der Waals surface area contributed by atoms with Gasteiger partial charge in [0.05, 0.1) is 17.1 Å². The quantitative estimate of drug-likeness (QED) is 0.128. The number of benzene rings is 4. The number of hydrogen-bond acceptors (Lipinski definition) is 3. The maximum atomic E-state index is 4.71. The molecule has 0 bridgehead atoms. The first-order chi connectivity index (χ1) is 25.8. The summed E-state index contributed by atoms with van der Waals surface area (Å²) in [6.07, 6.45) is 11.9. The van der Waals surface area contributed by atoms with Gasteiger partial charge in [-0.3, -0.25) is 15.0 Å².